The molecular formula is C22H36Cl2N4O. The Hall–Kier alpha value is -1.01. The third-order valence-electron chi connectivity index (χ3n) is 6.75. The van der Waals surface area contributed by atoms with Crippen molar-refractivity contribution in [2.45, 2.75) is 26.2 Å². The maximum Gasteiger partial charge on any atom is 0.223 e. The van der Waals surface area contributed by atoms with Gasteiger partial charge in [0.1, 0.15) is 0 Å². The fraction of sp³-hybridized carbons (Fsp3) is 0.682. The van der Waals surface area contributed by atoms with E-state index in [0.29, 0.717) is 12.3 Å². The molecule has 3 aliphatic heterocycles. The zero-order valence-electron chi connectivity index (χ0n) is 17.5. The van der Waals surface area contributed by atoms with Crippen molar-refractivity contribution in [2.75, 3.05) is 63.8 Å². The molecule has 1 aromatic carbocycles. The number of hydrogen-bond donors (Lipinski definition) is 1. The van der Waals surface area contributed by atoms with Gasteiger partial charge >= 0.3 is 0 Å². The van der Waals surface area contributed by atoms with Gasteiger partial charge in [-0.05, 0) is 62.4 Å². The molecule has 0 saturated carbocycles. The van der Waals surface area contributed by atoms with Crippen LogP contribution in [0.1, 0.15) is 24.8 Å². The third kappa shape index (κ3) is 6.24. The summed E-state index contributed by atoms with van der Waals surface area (Å²) in [4.78, 5) is 19.8. The summed E-state index contributed by atoms with van der Waals surface area (Å²) in [7, 11) is 0. The predicted octanol–water partition coefficient (Wildman–Crippen LogP) is 2.81. The van der Waals surface area contributed by atoms with E-state index in [-0.39, 0.29) is 24.8 Å². The second kappa shape index (κ2) is 11.4. The summed E-state index contributed by atoms with van der Waals surface area (Å²) >= 11 is 0. The van der Waals surface area contributed by atoms with Gasteiger partial charge in [0.05, 0.1) is 0 Å². The van der Waals surface area contributed by atoms with Crippen molar-refractivity contribution in [2.24, 2.45) is 11.8 Å². The maximum atomic E-state index is 12.7. The number of amides is 1. The molecule has 3 fully saturated rings. The van der Waals surface area contributed by atoms with Gasteiger partial charge in [-0.1, -0.05) is 12.1 Å². The van der Waals surface area contributed by atoms with E-state index in [0.717, 1.165) is 70.7 Å². The van der Waals surface area contributed by atoms with E-state index in [2.05, 4.69) is 51.2 Å². The molecular weight excluding hydrogens is 407 g/mol. The first-order chi connectivity index (χ1) is 13.2. The highest BCUT2D eigenvalue weighted by molar-refractivity contribution is 5.85. The number of nitrogens with one attached hydrogen (secondary N) is 1. The summed E-state index contributed by atoms with van der Waals surface area (Å²) in [5.41, 5.74) is 2.65. The van der Waals surface area contributed by atoms with Crippen molar-refractivity contribution < 1.29 is 4.79 Å². The Morgan fingerprint density at radius 2 is 1.66 bits per heavy atom. The van der Waals surface area contributed by atoms with E-state index in [9.17, 15) is 4.79 Å². The van der Waals surface area contributed by atoms with Gasteiger partial charge in [-0.3, -0.25) is 9.69 Å². The normalized spacial score (nSPS) is 24.9. The average molecular weight is 443 g/mol. The number of benzene rings is 1. The molecule has 1 aromatic rings. The van der Waals surface area contributed by atoms with Gasteiger partial charge in [0.25, 0.3) is 0 Å². The van der Waals surface area contributed by atoms with Crippen LogP contribution in [0.3, 0.4) is 0 Å². The summed E-state index contributed by atoms with van der Waals surface area (Å²) in [6.45, 7) is 11.5. The number of hydrogen-bond acceptors (Lipinski definition) is 4. The first-order valence-electron chi connectivity index (χ1n) is 10.7. The van der Waals surface area contributed by atoms with Crippen molar-refractivity contribution in [1.82, 2.24) is 15.1 Å². The number of rotatable bonds is 4. The minimum Gasteiger partial charge on any atom is -0.369 e. The molecule has 2 atom stereocenters. The van der Waals surface area contributed by atoms with E-state index in [1.54, 1.807) is 0 Å². The zero-order chi connectivity index (χ0) is 18.6. The van der Waals surface area contributed by atoms with Crippen LogP contribution in [0.2, 0.25) is 0 Å². The molecule has 1 N–H and O–H groups in total. The van der Waals surface area contributed by atoms with E-state index in [1.807, 2.05) is 0 Å². The maximum absolute atomic E-state index is 12.7. The van der Waals surface area contributed by atoms with Gasteiger partial charge in [0.15, 0.2) is 0 Å². The summed E-state index contributed by atoms with van der Waals surface area (Å²) in [6.07, 6.45) is 3.04. The highest BCUT2D eigenvalue weighted by Crippen LogP contribution is 2.27. The molecule has 1 amide bonds. The third-order valence-corrected chi connectivity index (χ3v) is 6.75. The van der Waals surface area contributed by atoms with Crippen LogP contribution in [0, 0.1) is 18.8 Å². The number of fused-ring (bicyclic) bond motifs is 1. The molecule has 5 nitrogen and oxygen atoms in total. The lowest BCUT2D eigenvalue weighted by atomic mass is 9.92. The monoisotopic (exact) mass is 442 g/mol. The van der Waals surface area contributed by atoms with Crippen molar-refractivity contribution in [3.8, 4) is 0 Å². The topological polar surface area (TPSA) is 38.8 Å². The number of carbonyl (C=O) groups is 1. The van der Waals surface area contributed by atoms with E-state index in [1.165, 1.54) is 24.1 Å². The average Bonchev–Trinajstić information content (AvgIpc) is 3.05. The molecule has 0 unspecified atom stereocenters. The first-order valence-corrected chi connectivity index (χ1v) is 10.7. The molecule has 3 heterocycles. The minimum atomic E-state index is 0. The van der Waals surface area contributed by atoms with Crippen LogP contribution in [0.4, 0.5) is 5.69 Å². The van der Waals surface area contributed by atoms with Crippen LogP contribution >= 0.6 is 24.8 Å². The van der Waals surface area contributed by atoms with Gasteiger partial charge in [0, 0.05) is 57.9 Å². The van der Waals surface area contributed by atoms with Crippen LogP contribution < -0.4 is 10.2 Å². The van der Waals surface area contributed by atoms with Gasteiger partial charge in [-0.25, -0.2) is 0 Å². The molecule has 4 rings (SSSR count). The number of piperazine rings is 1. The van der Waals surface area contributed by atoms with Crippen LogP contribution in [-0.4, -0.2) is 74.6 Å². The quantitative estimate of drug-likeness (QED) is 0.777. The SMILES string of the molecule is Cc1cccc(N2CCN(CCC(=O)N3CC[C@@H]4CNC[C@@H]4CC3)CC2)c1.Cl.Cl. The standard InChI is InChI=1S/C22H34N4O.2ClH/c1-18-3-2-4-21(15-18)25-13-11-24(12-14-25)8-7-22(27)26-9-5-19-16-23-17-20(19)6-10-26;;/h2-4,15,19-20,23H,5-14,16-17H2,1H3;2*1H/t19-,20+;;. The second-order valence-electron chi connectivity index (χ2n) is 8.55. The Kier molecular flexibility index (Phi) is 9.54. The Labute approximate surface area is 188 Å². The molecule has 0 aliphatic carbocycles. The number of aryl methyl sites for hydroxylation is 1. The lowest BCUT2D eigenvalue weighted by Gasteiger charge is -2.36. The molecule has 3 aliphatic rings. The van der Waals surface area contributed by atoms with Crippen molar-refractivity contribution in [1.29, 1.82) is 0 Å². The smallest absolute Gasteiger partial charge is 0.223 e. The molecule has 0 bridgehead atoms. The molecule has 0 radical (unpaired) electrons. The van der Waals surface area contributed by atoms with E-state index in [4.69, 9.17) is 0 Å². The summed E-state index contributed by atoms with van der Waals surface area (Å²) in [5, 5.41) is 3.51. The van der Waals surface area contributed by atoms with Gasteiger partial charge in [0.2, 0.25) is 5.91 Å². The lowest BCUT2D eigenvalue weighted by Crippen LogP contribution is -2.47. The van der Waals surface area contributed by atoms with Crippen LogP contribution in [0.25, 0.3) is 0 Å². The number of halogens is 2. The summed E-state index contributed by atoms with van der Waals surface area (Å²) < 4.78 is 0. The largest absolute Gasteiger partial charge is 0.369 e. The Balaban J connectivity index is 0.00000150. The van der Waals surface area contributed by atoms with Gasteiger partial charge in [-0.15, -0.1) is 24.8 Å². The highest BCUT2D eigenvalue weighted by atomic mass is 35.5. The van der Waals surface area contributed by atoms with Gasteiger partial charge in [-0.2, -0.15) is 0 Å². The minimum absolute atomic E-state index is 0. The Morgan fingerprint density at radius 3 is 2.28 bits per heavy atom. The van der Waals surface area contributed by atoms with E-state index < -0.39 is 0 Å². The number of carbonyl (C=O) groups excluding carboxylic acids is 1. The molecule has 29 heavy (non-hydrogen) atoms. The lowest BCUT2D eigenvalue weighted by molar-refractivity contribution is -0.131. The second-order valence-corrected chi connectivity index (χ2v) is 8.55. The van der Waals surface area contributed by atoms with Crippen molar-refractivity contribution in [3.63, 3.8) is 0 Å². The number of likely N-dealkylation sites (tertiary alicyclic amines) is 1. The van der Waals surface area contributed by atoms with Crippen molar-refractivity contribution in [3.05, 3.63) is 29.8 Å². The summed E-state index contributed by atoms with van der Waals surface area (Å²) in [6, 6.07) is 8.76. The van der Waals surface area contributed by atoms with E-state index >= 15 is 0 Å². The predicted molar refractivity (Wildman–Crippen MR) is 125 cm³/mol. The fourth-order valence-corrected chi connectivity index (χ4v) is 4.93. The molecule has 0 spiro atoms. The summed E-state index contributed by atoms with van der Waals surface area (Å²) in [5.74, 6) is 1.94. The Morgan fingerprint density at radius 1 is 1.00 bits per heavy atom. The van der Waals surface area contributed by atoms with Crippen molar-refractivity contribution >= 4 is 36.4 Å². The first kappa shape index (κ1) is 24.3. The van der Waals surface area contributed by atoms with Crippen LogP contribution in [0.5, 0.6) is 0 Å². The molecule has 164 valence electrons. The molecule has 3 saturated heterocycles. The number of nitrogens with zero attached hydrogens (tertiary/aromatic N) is 3. The highest BCUT2D eigenvalue weighted by Gasteiger charge is 2.31. The number of anilines is 1. The van der Waals surface area contributed by atoms with Gasteiger partial charge < -0.3 is 15.1 Å². The molecule has 0 aromatic heterocycles. The molecule has 7 heteroatoms. The zero-order valence-corrected chi connectivity index (χ0v) is 19.1. The fourth-order valence-electron chi connectivity index (χ4n) is 4.93. The van der Waals surface area contributed by atoms with Crippen LogP contribution in [0.15, 0.2) is 24.3 Å². The van der Waals surface area contributed by atoms with Crippen LogP contribution in [-0.2, 0) is 4.79 Å². The Bertz CT molecular complexity index is 637.